The summed E-state index contributed by atoms with van der Waals surface area (Å²) in [6.07, 6.45) is 7.98. The third-order valence-corrected chi connectivity index (χ3v) is 6.36. The summed E-state index contributed by atoms with van der Waals surface area (Å²) >= 11 is 0. The van der Waals surface area contributed by atoms with Crippen molar-refractivity contribution in [2.24, 2.45) is 0 Å². The van der Waals surface area contributed by atoms with Gasteiger partial charge in [0.1, 0.15) is 5.82 Å². The second kappa shape index (κ2) is 5.98. The van der Waals surface area contributed by atoms with Gasteiger partial charge < -0.3 is 5.32 Å². The molecular weight excluding hydrogens is 338 g/mol. The van der Waals surface area contributed by atoms with E-state index in [1.807, 2.05) is 10.9 Å². The molecule has 1 fully saturated rings. The number of fused-ring (bicyclic) bond motifs is 1. The van der Waals surface area contributed by atoms with E-state index in [-0.39, 0.29) is 11.8 Å². The molecule has 1 aromatic carbocycles. The predicted molar refractivity (Wildman–Crippen MR) is 94.4 cm³/mol. The van der Waals surface area contributed by atoms with Crippen LogP contribution >= 0.6 is 0 Å². The Labute approximate surface area is 147 Å². The smallest absolute Gasteiger partial charge is 0.226 e. The summed E-state index contributed by atoms with van der Waals surface area (Å²) in [6.45, 7) is 0. The number of sulfone groups is 1. The van der Waals surface area contributed by atoms with Crippen molar-refractivity contribution in [1.82, 2.24) is 9.78 Å². The third-order valence-electron chi connectivity index (χ3n) is 5.23. The lowest BCUT2D eigenvalue weighted by Gasteiger charge is -2.25. The van der Waals surface area contributed by atoms with Crippen LogP contribution < -0.4 is 5.32 Å². The van der Waals surface area contributed by atoms with E-state index in [9.17, 15) is 13.2 Å². The van der Waals surface area contributed by atoms with Crippen LogP contribution in [0.5, 0.6) is 0 Å². The first kappa shape index (κ1) is 16.3. The maximum Gasteiger partial charge on any atom is 0.226 e. The first-order valence-corrected chi connectivity index (χ1v) is 10.5. The molecule has 0 saturated heterocycles. The van der Waals surface area contributed by atoms with E-state index in [4.69, 9.17) is 0 Å². The maximum absolute atomic E-state index is 12.3. The molecule has 1 saturated carbocycles. The van der Waals surface area contributed by atoms with Gasteiger partial charge in [-0.15, -0.1) is 0 Å². The van der Waals surface area contributed by atoms with Gasteiger partial charge in [0.25, 0.3) is 0 Å². The van der Waals surface area contributed by atoms with Crippen LogP contribution in [0.3, 0.4) is 0 Å². The van der Waals surface area contributed by atoms with Crippen LogP contribution in [0.4, 0.5) is 5.82 Å². The fourth-order valence-corrected chi connectivity index (χ4v) is 4.54. The fourth-order valence-electron chi connectivity index (χ4n) is 3.91. The van der Waals surface area contributed by atoms with Gasteiger partial charge in [-0.2, -0.15) is 5.10 Å². The zero-order valence-corrected chi connectivity index (χ0v) is 14.9. The van der Waals surface area contributed by atoms with Crippen LogP contribution in [0.2, 0.25) is 0 Å². The van der Waals surface area contributed by atoms with E-state index < -0.39 is 9.84 Å². The number of rotatable bonds is 3. The van der Waals surface area contributed by atoms with E-state index in [0.29, 0.717) is 17.4 Å². The number of carbonyl (C=O) groups excluding carboxylic acids is 1. The Hall–Kier alpha value is -2.15. The Morgan fingerprint density at radius 3 is 2.48 bits per heavy atom. The predicted octanol–water partition coefficient (Wildman–Crippen LogP) is 2.88. The Bertz CT molecular complexity index is 910. The Balaban J connectivity index is 1.71. The van der Waals surface area contributed by atoms with Crippen molar-refractivity contribution >= 4 is 21.6 Å². The van der Waals surface area contributed by atoms with Crippen LogP contribution in [0.1, 0.15) is 55.2 Å². The standard InChI is InChI=1S/C18H21N3O3S/c1-25(23,24)14-8-6-12(7-9-14)15-10-17(22)20-18-16(15)11-19-21(18)13-4-2-3-5-13/h6-9,11,13,15H,2-5,10H2,1H3,(H,20,22)/t15-/m1/s1. The van der Waals surface area contributed by atoms with E-state index in [0.717, 1.165) is 29.8 Å². The third kappa shape index (κ3) is 2.97. The van der Waals surface area contributed by atoms with Crippen LogP contribution in [0.25, 0.3) is 0 Å². The van der Waals surface area contributed by atoms with E-state index in [2.05, 4.69) is 10.4 Å². The largest absolute Gasteiger partial charge is 0.311 e. The molecule has 0 spiro atoms. The maximum atomic E-state index is 12.3. The van der Waals surface area contributed by atoms with E-state index in [1.54, 1.807) is 24.3 Å². The van der Waals surface area contributed by atoms with Gasteiger partial charge in [-0.05, 0) is 30.5 Å². The summed E-state index contributed by atoms with van der Waals surface area (Å²) < 4.78 is 25.3. The number of amides is 1. The zero-order chi connectivity index (χ0) is 17.6. The van der Waals surface area contributed by atoms with Gasteiger partial charge in [-0.1, -0.05) is 25.0 Å². The van der Waals surface area contributed by atoms with Gasteiger partial charge in [-0.25, -0.2) is 13.1 Å². The van der Waals surface area contributed by atoms with Gasteiger partial charge in [0.15, 0.2) is 9.84 Å². The summed E-state index contributed by atoms with van der Waals surface area (Å²) in [6, 6.07) is 7.18. The molecule has 4 rings (SSSR count). The molecule has 0 radical (unpaired) electrons. The lowest BCUT2D eigenvalue weighted by atomic mass is 9.87. The van der Waals surface area contributed by atoms with Crippen molar-refractivity contribution in [3.05, 3.63) is 41.6 Å². The Morgan fingerprint density at radius 1 is 1.16 bits per heavy atom. The fraction of sp³-hybridized carbons (Fsp3) is 0.444. The highest BCUT2D eigenvalue weighted by Gasteiger charge is 2.32. The summed E-state index contributed by atoms with van der Waals surface area (Å²) in [5, 5.41) is 7.54. The number of anilines is 1. The Kier molecular flexibility index (Phi) is 3.91. The molecular formula is C18H21N3O3S. The van der Waals surface area contributed by atoms with Gasteiger partial charge in [-0.3, -0.25) is 4.79 Å². The molecule has 2 aliphatic rings. The van der Waals surface area contributed by atoms with Crippen LogP contribution in [0.15, 0.2) is 35.4 Å². The molecule has 1 aromatic heterocycles. The summed E-state index contributed by atoms with van der Waals surface area (Å²) in [5.74, 6) is 0.692. The minimum atomic E-state index is -3.22. The second-order valence-electron chi connectivity index (χ2n) is 6.98. The molecule has 132 valence electrons. The molecule has 0 bridgehead atoms. The van der Waals surface area contributed by atoms with Crippen LogP contribution in [-0.2, 0) is 14.6 Å². The second-order valence-corrected chi connectivity index (χ2v) is 8.99. The van der Waals surface area contributed by atoms with Crippen molar-refractivity contribution in [2.45, 2.75) is 49.0 Å². The van der Waals surface area contributed by atoms with Gasteiger partial charge in [0.05, 0.1) is 17.1 Å². The van der Waals surface area contributed by atoms with Crippen molar-refractivity contribution < 1.29 is 13.2 Å². The molecule has 25 heavy (non-hydrogen) atoms. The SMILES string of the molecule is CS(=O)(=O)c1ccc([C@H]2CC(=O)Nc3c2cnn3C2CCCC2)cc1. The van der Waals surface area contributed by atoms with Crippen molar-refractivity contribution in [3.8, 4) is 0 Å². The molecule has 2 heterocycles. The zero-order valence-electron chi connectivity index (χ0n) is 14.1. The number of hydrogen-bond acceptors (Lipinski definition) is 4. The van der Waals surface area contributed by atoms with Crippen molar-refractivity contribution in [1.29, 1.82) is 0 Å². The number of carbonyl (C=O) groups is 1. The lowest BCUT2D eigenvalue weighted by molar-refractivity contribution is -0.116. The summed E-state index contributed by atoms with van der Waals surface area (Å²) in [4.78, 5) is 12.5. The quantitative estimate of drug-likeness (QED) is 0.914. The van der Waals surface area contributed by atoms with E-state index >= 15 is 0 Å². The summed E-state index contributed by atoms with van der Waals surface area (Å²) in [5.41, 5.74) is 1.95. The normalized spacial score (nSPS) is 21.2. The van der Waals surface area contributed by atoms with Crippen LogP contribution in [0, 0.1) is 0 Å². The highest BCUT2D eigenvalue weighted by molar-refractivity contribution is 7.90. The minimum absolute atomic E-state index is 0.0237. The van der Waals surface area contributed by atoms with Gasteiger partial charge in [0, 0.05) is 24.2 Å². The minimum Gasteiger partial charge on any atom is -0.311 e. The van der Waals surface area contributed by atoms with E-state index in [1.165, 1.54) is 19.1 Å². The average molecular weight is 359 g/mol. The average Bonchev–Trinajstić information content (AvgIpc) is 3.22. The lowest BCUT2D eigenvalue weighted by Crippen LogP contribution is -2.25. The topological polar surface area (TPSA) is 81.1 Å². The van der Waals surface area contributed by atoms with Crippen molar-refractivity contribution in [2.75, 3.05) is 11.6 Å². The molecule has 2 aromatic rings. The molecule has 1 amide bonds. The number of benzene rings is 1. The van der Waals surface area contributed by atoms with Gasteiger partial charge in [0.2, 0.25) is 5.91 Å². The Morgan fingerprint density at radius 2 is 1.84 bits per heavy atom. The molecule has 1 aliphatic carbocycles. The molecule has 1 aliphatic heterocycles. The van der Waals surface area contributed by atoms with Gasteiger partial charge >= 0.3 is 0 Å². The number of nitrogens with zero attached hydrogens (tertiary/aromatic N) is 2. The monoisotopic (exact) mass is 359 g/mol. The highest BCUT2D eigenvalue weighted by Crippen LogP contribution is 2.40. The highest BCUT2D eigenvalue weighted by atomic mass is 32.2. The number of hydrogen-bond donors (Lipinski definition) is 1. The molecule has 1 N–H and O–H groups in total. The van der Waals surface area contributed by atoms with Crippen LogP contribution in [-0.4, -0.2) is 30.4 Å². The first-order valence-electron chi connectivity index (χ1n) is 8.61. The van der Waals surface area contributed by atoms with Crippen molar-refractivity contribution in [3.63, 3.8) is 0 Å². The molecule has 7 heteroatoms. The summed E-state index contributed by atoms with van der Waals surface area (Å²) in [7, 11) is -3.22. The first-order chi connectivity index (χ1) is 11.9. The molecule has 1 atom stereocenters. The molecule has 6 nitrogen and oxygen atoms in total. The molecule has 0 unspecified atom stereocenters. The number of nitrogens with one attached hydrogen (secondary N) is 1. The number of aromatic nitrogens is 2.